The minimum absolute atomic E-state index is 0.0922. The maximum Gasteiger partial charge on any atom is 0.243 e. The molecular weight excluding hydrogens is 374 g/mol. The van der Waals surface area contributed by atoms with Gasteiger partial charge in [0.05, 0.1) is 17.0 Å². The highest BCUT2D eigenvalue weighted by Gasteiger charge is 2.34. The molecule has 0 aliphatic carbocycles. The zero-order chi connectivity index (χ0) is 19.0. The highest BCUT2D eigenvalue weighted by atomic mass is 32.2. The molecule has 1 atom stereocenters. The molecule has 27 heavy (non-hydrogen) atoms. The molecule has 8 heteroatoms. The van der Waals surface area contributed by atoms with Crippen LogP contribution >= 0.6 is 0 Å². The standard InChI is InChI=1S/C19H16F2N2O3S/c20-14-9-15(21)11-17(10-14)27(24,25)23-8-7-16(12-23)26-19-6-5-13-3-1-2-4-18(13)22-19/h1-6,9-11,16H,7-8,12H2. The number of rotatable bonds is 4. The van der Waals surface area contributed by atoms with E-state index in [0.717, 1.165) is 23.0 Å². The zero-order valence-electron chi connectivity index (χ0n) is 14.2. The third-order valence-corrected chi connectivity index (χ3v) is 6.28. The Hall–Kier alpha value is -2.58. The van der Waals surface area contributed by atoms with E-state index in [1.54, 1.807) is 6.07 Å². The molecular formula is C19H16F2N2O3S. The lowest BCUT2D eigenvalue weighted by Gasteiger charge is -2.17. The first-order valence-electron chi connectivity index (χ1n) is 8.40. The van der Waals surface area contributed by atoms with Gasteiger partial charge >= 0.3 is 0 Å². The van der Waals surface area contributed by atoms with Gasteiger partial charge in [-0.1, -0.05) is 18.2 Å². The second-order valence-corrected chi connectivity index (χ2v) is 8.28. The van der Waals surface area contributed by atoms with Gasteiger partial charge in [0.1, 0.15) is 17.7 Å². The molecule has 1 aliphatic heterocycles. The van der Waals surface area contributed by atoms with Gasteiger partial charge in [-0.05, 0) is 30.7 Å². The average Bonchev–Trinajstić information content (AvgIpc) is 3.10. The number of ether oxygens (including phenoxy) is 1. The second kappa shape index (κ2) is 6.86. The summed E-state index contributed by atoms with van der Waals surface area (Å²) < 4.78 is 59.0. The van der Waals surface area contributed by atoms with Gasteiger partial charge in [0.15, 0.2) is 0 Å². The number of hydrogen-bond acceptors (Lipinski definition) is 4. The lowest BCUT2D eigenvalue weighted by Crippen LogP contribution is -2.31. The van der Waals surface area contributed by atoms with Gasteiger partial charge in [-0.25, -0.2) is 22.2 Å². The van der Waals surface area contributed by atoms with E-state index in [9.17, 15) is 17.2 Å². The molecule has 2 aromatic carbocycles. The molecule has 0 spiro atoms. The van der Waals surface area contributed by atoms with Crippen LogP contribution in [0.3, 0.4) is 0 Å². The first-order valence-corrected chi connectivity index (χ1v) is 9.84. The third kappa shape index (κ3) is 3.63. The summed E-state index contributed by atoms with van der Waals surface area (Å²) in [5.41, 5.74) is 0.785. The lowest BCUT2D eigenvalue weighted by atomic mass is 10.2. The van der Waals surface area contributed by atoms with Crippen LogP contribution in [0, 0.1) is 11.6 Å². The molecule has 0 amide bonds. The Morgan fingerprint density at radius 1 is 1.04 bits per heavy atom. The van der Waals surface area contributed by atoms with Crippen molar-refractivity contribution in [3.05, 3.63) is 66.2 Å². The number of fused-ring (bicyclic) bond motifs is 1. The topological polar surface area (TPSA) is 59.5 Å². The zero-order valence-corrected chi connectivity index (χ0v) is 15.0. The number of para-hydroxylation sites is 1. The van der Waals surface area contributed by atoms with Gasteiger partial charge < -0.3 is 4.74 Å². The van der Waals surface area contributed by atoms with Crippen molar-refractivity contribution in [2.24, 2.45) is 0 Å². The van der Waals surface area contributed by atoms with E-state index in [1.165, 1.54) is 4.31 Å². The van der Waals surface area contributed by atoms with Crippen LogP contribution in [0.5, 0.6) is 5.88 Å². The fourth-order valence-corrected chi connectivity index (χ4v) is 4.65. The summed E-state index contributed by atoms with van der Waals surface area (Å²) in [4.78, 5) is 4.02. The van der Waals surface area contributed by atoms with Crippen molar-refractivity contribution >= 4 is 20.9 Å². The van der Waals surface area contributed by atoms with E-state index in [4.69, 9.17) is 4.74 Å². The summed E-state index contributed by atoms with van der Waals surface area (Å²) in [7, 11) is -3.99. The van der Waals surface area contributed by atoms with Crippen molar-refractivity contribution in [3.63, 3.8) is 0 Å². The molecule has 0 saturated carbocycles. The van der Waals surface area contributed by atoms with E-state index in [1.807, 2.05) is 30.3 Å². The van der Waals surface area contributed by atoms with Crippen LogP contribution in [0.1, 0.15) is 6.42 Å². The molecule has 4 rings (SSSR count). The van der Waals surface area contributed by atoms with Crippen LogP contribution in [0.4, 0.5) is 8.78 Å². The summed E-state index contributed by atoms with van der Waals surface area (Å²) >= 11 is 0. The summed E-state index contributed by atoms with van der Waals surface area (Å²) in [6, 6.07) is 13.5. The van der Waals surface area contributed by atoms with Gasteiger partial charge in [-0.3, -0.25) is 0 Å². The summed E-state index contributed by atoms with van der Waals surface area (Å²) in [5, 5.41) is 0.980. The van der Waals surface area contributed by atoms with Crippen molar-refractivity contribution in [1.29, 1.82) is 0 Å². The molecule has 3 aromatic rings. The molecule has 0 radical (unpaired) electrons. The number of aromatic nitrogens is 1. The van der Waals surface area contributed by atoms with Crippen molar-refractivity contribution in [2.45, 2.75) is 17.4 Å². The van der Waals surface area contributed by atoms with Crippen LogP contribution in [-0.2, 0) is 10.0 Å². The van der Waals surface area contributed by atoms with E-state index in [2.05, 4.69) is 4.98 Å². The van der Waals surface area contributed by atoms with Crippen LogP contribution in [-0.4, -0.2) is 36.9 Å². The van der Waals surface area contributed by atoms with Gasteiger partial charge in [0.25, 0.3) is 0 Å². The fourth-order valence-electron chi connectivity index (χ4n) is 3.12. The predicted molar refractivity (Wildman–Crippen MR) is 95.9 cm³/mol. The van der Waals surface area contributed by atoms with Gasteiger partial charge in [0, 0.05) is 24.1 Å². The Labute approximate surface area is 155 Å². The maximum absolute atomic E-state index is 13.4. The average molecular weight is 390 g/mol. The Morgan fingerprint density at radius 3 is 2.56 bits per heavy atom. The Morgan fingerprint density at radius 2 is 1.78 bits per heavy atom. The normalized spacial score (nSPS) is 18.1. The highest BCUT2D eigenvalue weighted by Crippen LogP contribution is 2.25. The number of halogens is 2. The second-order valence-electron chi connectivity index (χ2n) is 6.34. The van der Waals surface area contributed by atoms with Crippen molar-refractivity contribution < 1.29 is 21.9 Å². The highest BCUT2D eigenvalue weighted by molar-refractivity contribution is 7.89. The minimum Gasteiger partial charge on any atom is -0.473 e. The summed E-state index contributed by atoms with van der Waals surface area (Å²) in [5.74, 6) is -1.45. The fraction of sp³-hybridized carbons (Fsp3) is 0.211. The molecule has 1 unspecified atom stereocenters. The van der Waals surface area contributed by atoms with Crippen LogP contribution in [0.2, 0.25) is 0 Å². The Bertz CT molecular complexity index is 1080. The number of nitrogens with zero attached hydrogens (tertiary/aromatic N) is 2. The molecule has 0 bridgehead atoms. The Kier molecular flexibility index (Phi) is 4.53. The maximum atomic E-state index is 13.4. The molecule has 0 N–H and O–H groups in total. The first-order chi connectivity index (χ1) is 12.9. The van der Waals surface area contributed by atoms with E-state index in [0.29, 0.717) is 18.4 Å². The van der Waals surface area contributed by atoms with Gasteiger partial charge in [-0.15, -0.1) is 0 Å². The monoisotopic (exact) mass is 390 g/mol. The minimum atomic E-state index is -3.99. The van der Waals surface area contributed by atoms with E-state index >= 15 is 0 Å². The number of hydrogen-bond donors (Lipinski definition) is 0. The molecule has 5 nitrogen and oxygen atoms in total. The van der Waals surface area contributed by atoms with Gasteiger partial charge in [0.2, 0.25) is 15.9 Å². The quantitative estimate of drug-likeness (QED) is 0.686. The molecule has 140 valence electrons. The number of benzene rings is 2. The number of sulfonamides is 1. The van der Waals surface area contributed by atoms with E-state index < -0.39 is 26.6 Å². The Balaban J connectivity index is 1.50. The third-order valence-electron chi connectivity index (χ3n) is 4.44. The summed E-state index contributed by atoms with van der Waals surface area (Å²) in [6.45, 7) is 0.299. The summed E-state index contributed by atoms with van der Waals surface area (Å²) in [6.07, 6.45) is 0.0813. The molecule has 1 fully saturated rings. The lowest BCUT2D eigenvalue weighted by molar-refractivity contribution is 0.207. The molecule has 1 saturated heterocycles. The van der Waals surface area contributed by atoms with Crippen LogP contribution in [0.25, 0.3) is 10.9 Å². The van der Waals surface area contributed by atoms with Crippen LogP contribution < -0.4 is 4.74 Å². The van der Waals surface area contributed by atoms with Crippen molar-refractivity contribution in [1.82, 2.24) is 9.29 Å². The smallest absolute Gasteiger partial charge is 0.243 e. The molecule has 1 aromatic heterocycles. The van der Waals surface area contributed by atoms with Crippen molar-refractivity contribution in [2.75, 3.05) is 13.1 Å². The van der Waals surface area contributed by atoms with Crippen molar-refractivity contribution in [3.8, 4) is 5.88 Å². The molecule has 1 aliphatic rings. The largest absolute Gasteiger partial charge is 0.473 e. The molecule has 2 heterocycles. The SMILES string of the molecule is O=S(=O)(c1cc(F)cc(F)c1)N1CCC(Oc2ccc3ccccc3n2)C1. The van der Waals surface area contributed by atoms with E-state index in [-0.39, 0.29) is 19.2 Å². The van der Waals surface area contributed by atoms with Gasteiger partial charge in [-0.2, -0.15) is 4.31 Å². The first kappa shape index (κ1) is 17.8. The predicted octanol–water partition coefficient (Wildman–Crippen LogP) is 3.36. The number of pyridine rings is 1. The van der Waals surface area contributed by atoms with Crippen LogP contribution in [0.15, 0.2) is 59.5 Å².